The van der Waals surface area contributed by atoms with Crippen LogP contribution < -0.4 is 11.1 Å². The molecule has 0 spiro atoms. The highest BCUT2D eigenvalue weighted by Crippen LogP contribution is 2.20. The minimum atomic E-state index is -0.259. The Labute approximate surface area is 92.3 Å². The fourth-order valence-electron chi connectivity index (χ4n) is 1.35. The van der Waals surface area contributed by atoms with Gasteiger partial charge in [-0.15, -0.1) is 0 Å². The summed E-state index contributed by atoms with van der Waals surface area (Å²) in [4.78, 5) is 7.79. The first kappa shape index (κ1) is 10.4. The number of nitrogens with one attached hydrogen (secondary N) is 1. The summed E-state index contributed by atoms with van der Waals surface area (Å²) in [5.41, 5.74) is 7.12. The van der Waals surface area contributed by atoms with Crippen LogP contribution in [0.4, 0.5) is 21.7 Å². The molecule has 0 fully saturated rings. The van der Waals surface area contributed by atoms with Crippen LogP contribution in [0.5, 0.6) is 0 Å². The fraction of sp³-hybridized carbons (Fsp3) is 0.0909. The lowest BCUT2D eigenvalue weighted by molar-refractivity contribution is 0.627. The lowest BCUT2D eigenvalue weighted by Gasteiger charge is -2.08. The maximum Gasteiger partial charge on any atom is 0.135 e. The number of nitrogen functional groups attached to an aromatic ring is 1. The van der Waals surface area contributed by atoms with E-state index in [0.29, 0.717) is 11.6 Å². The van der Waals surface area contributed by atoms with Crippen molar-refractivity contribution in [2.75, 3.05) is 11.1 Å². The molecule has 0 atom stereocenters. The van der Waals surface area contributed by atoms with E-state index in [4.69, 9.17) is 5.73 Å². The first-order valence-corrected chi connectivity index (χ1v) is 4.76. The second kappa shape index (κ2) is 4.14. The molecule has 2 rings (SSSR count). The fourth-order valence-corrected chi connectivity index (χ4v) is 1.35. The van der Waals surface area contributed by atoms with E-state index in [1.807, 2.05) is 6.92 Å². The number of aryl methyl sites for hydroxylation is 1. The van der Waals surface area contributed by atoms with E-state index in [-0.39, 0.29) is 5.82 Å². The van der Waals surface area contributed by atoms with Gasteiger partial charge in [0.2, 0.25) is 0 Å². The number of halogens is 1. The maximum absolute atomic E-state index is 12.9. The minimum Gasteiger partial charge on any atom is -0.384 e. The molecular formula is C11H11FN4. The Bertz CT molecular complexity index is 513. The molecule has 0 saturated carbocycles. The number of aromatic nitrogens is 2. The molecule has 0 radical (unpaired) electrons. The molecule has 0 aliphatic rings. The quantitative estimate of drug-likeness (QED) is 0.811. The van der Waals surface area contributed by atoms with E-state index in [2.05, 4.69) is 15.3 Å². The molecule has 0 unspecified atom stereocenters. The van der Waals surface area contributed by atoms with Gasteiger partial charge < -0.3 is 11.1 Å². The molecule has 82 valence electrons. The van der Waals surface area contributed by atoms with Gasteiger partial charge in [-0.2, -0.15) is 0 Å². The van der Waals surface area contributed by atoms with E-state index in [0.717, 1.165) is 11.3 Å². The molecule has 2 aromatic rings. The standard InChI is InChI=1S/C11H11FN4/c1-7-4-8(12)2-3-9(7)16-11-5-10(13)14-6-15-11/h2-6H,1H3,(H3,13,14,15,16). The zero-order valence-corrected chi connectivity index (χ0v) is 8.74. The van der Waals surface area contributed by atoms with E-state index in [1.54, 1.807) is 12.1 Å². The molecular weight excluding hydrogens is 207 g/mol. The Morgan fingerprint density at radius 3 is 2.75 bits per heavy atom. The van der Waals surface area contributed by atoms with Crippen LogP contribution in [0.2, 0.25) is 0 Å². The number of nitrogens with zero attached hydrogens (tertiary/aromatic N) is 2. The van der Waals surface area contributed by atoms with Crippen LogP contribution in [0, 0.1) is 12.7 Å². The summed E-state index contributed by atoms with van der Waals surface area (Å²) in [7, 11) is 0. The third-order valence-corrected chi connectivity index (χ3v) is 2.14. The lowest BCUT2D eigenvalue weighted by atomic mass is 10.2. The Hall–Kier alpha value is -2.17. The van der Waals surface area contributed by atoms with Crippen molar-refractivity contribution >= 4 is 17.3 Å². The zero-order valence-electron chi connectivity index (χ0n) is 8.74. The van der Waals surface area contributed by atoms with Crippen molar-refractivity contribution in [3.8, 4) is 0 Å². The molecule has 16 heavy (non-hydrogen) atoms. The van der Waals surface area contributed by atoms with Crippen LogP contribution in [-0.4, -0.2) is 9.97 Å². The number of anilines is 3. The molecule has 0 aliphatic carbocycles. The predicted molar refractivity (Wildman–Crippen MR) is 60.9 cm³/mol. The molecule has 3 N–H and O–H groups in total. The van der Waals surface area contributed by atoms with Gasteiger partial charge in [0.1, 0.15) is 23.8 Å². The molecule has 0 aliphatic heterocycles. The van der Waals surface area contributed by atoms with Gasteiger partial charge >= 0.3 is 0 Å². The molecule has 0 amide bonds. The number of rotatable bonds is 2. The minimum absolute atomic E-state index is 0.259. The van der Waals surface area contributed by atoms with E-state index in [9.17, 15) is 4.39 Å². The summed E-state index contributed by atoms with van der Waals surface area (Å²) in [5, 5.41) is 3.04. The summed E-state index contributed by atoms with van der Waals surface area (Å²) in [6.07, 6.45) is 1.37. The molecule has 5 heteroatoms. The van der Waals surface area contributed by atoms with Crippen molar-refractivity contribution in [3.63, 3.8) is 0 Å². The van der Waals surface area contributed by atoms with Gasteiger partial charge in [-0.05, 0) is 30.7 Å². The normalized spacial score (nSPS) is 10.1. The van der Waals surface area contributed by atoms with Crippen LogP contribution in [0.3, 0.4) is 0 Å². The Balaban J connectivity index is 2.27. The molecule has 1 aromatic heterocycles. The maximum atomic E-state index is 12.9. The van der Waals surface area contributed by atoms with Gasteiger partial charge in [-0.3, -0.25) is 0 Å². The van der Waals surface area contributed by atoms with E-state index >= 15 is 0 Å². The average molecular weight is 218 g/mol. The van der Waals surface area contributed by atoms with Gasteiger partial charge in [-0.1, -0.05) is 0 Å². The Morgan fingerprint density at radius 1 is 1.25 bits per heavy atom. The second-order valence-electron chi connectivity index (χ2n) is 3.41. The SMILES string of the molecule is Cc1cc(F)ccc1Nc1cc(N)ncn1. The van der Waals surface area contributed by atoms with Crippen LogP contribution in [0.1, 0.15) is 5.56 Å². The third-order valence-electron chi connectivity index (χ3n) is 2.14. The predicted octanol–water partition coefficient (Wildman–Crippen LogP) is 2.25. The van der Waals surface area contributed by atoms with Gasteiger partial charge in [-0.25, -0.2) is 14.4 Å². The summed E-state index contributed by atoms with van der Waals surface area (Å²) >= 11 is 0. The topological polar surface area (TPSA) is 63.8 Å². The summed E-state index contributed by atoms with van der Waals surface area (Å²) in [6, 6.07) is 6.11. The first-order chi connectivity index (χ1) is 7.65. The van der Waals surface area contributed by atoms with Crippen molar-refractivity contribution in [2.24, 2.45) is 0 Å². The van der Waals surface area contributed by atoms with Gasteiger partial charge in [0.15, 0.2) is 0 Å². The highest BCUT2D eigenvalue weighted by molar-refractivity contribution is 5.61. The molecule has 1 heterocycles. The van der Waals surface area contributed by atoms with Crippen molar-refractivity contribution < 1.29 is 4.39 Å². The van der Waals surface area contributed by atoms with Crippen LogP contribution >= 0.6 is 0 Å². The van der Waals surface area contributed by atoms with Crippen LogP contribution in [0.25, 0.3) is 0 Å². The molecule has 4 nitrogen and oxygen atoms in total. The van der Waals surface area contributed by atoms with Crippen molar-refractivity contribution in [1.29, 1.82) is 0 Å². The third kappa shape index (κ3) is 2.25. The number of hydrogen-bond donors (Lipinski definition) is 2. The molecule has 0 bridgehead atoms. The number of benzene rings is 1. The molecule has 0 saturated heterocycles. The van der Waals surface area contributed by atoms with Gasteiger partial charge in [0, 0.05) is 11.8 Å². The zero-order chi connectivity index (χ0) is 11.5. The Kier molecular flexibility index (Phi) is 2.68. The van der Waals surface area contributed by atoms with E-state index in [1.165, 1.54) is 18.5 Å². The second-order valence-corrected chi connectivity index (χ2v) is 3.41. The molecule has 1 aromatic carbocycles. The summed E-state index contributed by atoms with van der Waals surface area (Å²) in [5.74, 6) is 0.713. The van der Waals surface area contributed by atoms with Gasteiger partial charge in [0.25, 0.3) is 0 Å². The summed E-state index contributed by atoms with van der Waals surface area (Å²) < 4.78 is 12.9. The van der Waals surface area contributed by atoms with Crippen molar-refractivity contribution in [1.82, 2.24) is 9.97 Å². The van der Waals surface area contributed by atoms with E-state index < -0.39 is 0 Å². The van der Waals surface area contributed by atoms with Crippen molar-refractivity contribution in [2.45, 2.75) is 6.92 Å². The smallest absolute Gasteiger partial charge is 0.135 e. The highest BCUT2D eigenvalue weighted by atomic mass is 19.1. The monoisotopic (exact) mass is 218 g/mol. The number of nitrogens with two attached hydrogens (primary N) is 1. The van der Waals surface area contributed by atoms with Crippen LogP contribution in [-0.2, 0) is 0 Å². The first-order valence-electron chi connectivity index (χ1n) is 4.76. The highest BCUT2D eigenvalue weighted by Gasteiger charge is 2.01. The lowest BCUT2D eigenvalue weighted by Crippen LogP contribution is -1.98. The van der Waals surface area contributed by atoms with Gasteiger partial charge in [0.05, 0.1) is 0 Å². The van der Waals surface area contributed by atoms with Crippen LogP contribution in [0.15, 0.2) is 30.6 Å². The largest absolute Gasteiger partial charge is 0.384 e. The number of hydrogen-bond acceptors (Lipinski definition) is 4. The van der Waals surface area contributed by atoms with Crippen molar-refractivity contribution in [3.05, 3.63) is 42.0 Å². The summed E-state index contributed by atoms with van der Waals surface area (Å²) in [6.45, 7) is 1.82. The Morgan fingerprint density at radius 2 is 2.06 bits per heavy atom. The average Bonchev–Trinajstić information content (AvgIpc) is 2.22.